The van der Waals surface area contributed by atoms with E-state index in [2.05, 4.69) is 24.0 Å². The van der Waals surface area contributed by atoms with Crippen LogP contribution in [0.3, 0.4) is 0 Å². The van der Waals surface area contributed by atoms with Gasteiger partial charge in [-0.25, -0.2) is 4.98 Å². The fraction of sp³-hybridized carbons (Fsp3) is 0.292. The number of fused-ring (bicyclic) bond motifs is 8. The number of hydrogen-bond acceptors (Lipinski definition) is 4. The molecule has 6 heteroatoms. The van der Waals surface area contributed by atoms with E-state index in [0.29, 0.717) is 23.1 Å². The fourth-order valence-corrected chi connectivity index (χ4v) is 5.81. The minimum atomic E-state index is -0.592. The smallest absolute Gasteiger partial charge is 0.262 e. The molecular formula is C24H22N4O2. The number of anilines is 1. The molecule has 1 unspecified atom stereocenters. The molecule has 0 bridgehead atoms. The lowest BCUT2D eigenvalue weighted by molar-refractivity contribution is -0.139. The van der Waals surface area contributed by atoms with Crippen LogP contribution in [-0.4, -0.2) is 26.5 Å². The summed E-state index contributed by atoms with van der Waals surface area (Å²) in [6.45, 7) is 5.80. The molecule has 0 aliphatic carbocycles. The first kappa shape index (κ1) is 17.4. The Morgan fingerprint density at radius 2 is 1.97 bits per heavy atom. The second-order valence-corrected chi connectivity index (χ2v) is 8.55. The largest absolute Gasteiger partial charge is 0.364 e. The number of hydrogen-bond donors (Lipinski definition) is 1. The first-order chi connectivity index (χ1) is 14.6. The summed E-state index contributed by atoms with van der Waals surface area (Å²) in [6, 6.07) is 14.8. The van der Waals surface area contributed by atoms with Crippen LogP contribution < -0.4 is 10.9 Å². The highest BCUT2D eigenvalue weighted by Crippen LogP contribution is 2.58. The molecule has 3 aliphatic heterocycles. The summed E-state index contributed by atoms with van der Waals surface area (Å²) in [6.07, 6.45) is 3.21. The number of nitrogens with one attached hydrogen (secondary N) is 1. The number of para-hydroxylation sites is 2. The van der Waals surface area contributed by atoms with Crippen molar-refractivity contribution in [3.63, 3.8) is 0 Å². The summed E-state index contributed by atoms with van der Waals surface area (Å²) in [5.41, 5.74) is 2.53. The summed E-state index contributed by atoms with van der Waals surface area (Å²) in [7, 11) is 0. The number of allylic oxidation sites excluding steroid dienone is 1. The third kappa shape index (κ3) is 1.96. The number of benzene rings is 2. The van der Waals surface area contributed by atoms with Gasteiger partial charge in [0.15, 0.2) is 0 Å². The Hall–Kier alpha value is -3.41. The SMILES string of the molecule is C=CC[C@@]12CC3c4nc5ccccc5c(=O)n4[C@H](C)C(=O)N3[C@@H]1Nc1ccccc12. The van der Waals surface area contributed by atoms with Crippen LogP contribution in [0.1, 0.15) is 43.2 Å². The Morgan fingerprint density at radius 3 is 2.80 bits per heavy atom. The van der Waals surface area contributed by atoms with Crippen LogP contribution in [0.25, 0.3) is 10.9 Å². The van der Waals surface area contributed by atoms with E-state index in [9.17, 15) is 9.59 Å². The molecule has 0 saturated carbocycles. The molecule has 1 amide bonds. The summed E-state index contributed by atoms with van der Waals surface area (Å²) in [5.74, 6) is 0.644. The molecule has 3 aromatic rings. The van der Waals surface area contributed by atoms with Crippen LogP contribution in [0.4, 0.5) is 5.69 Å². The average molecular weight is 398 g/mol. The van der Waals surface area contributed by atoms with E-state index in [4.69, 9.17) is 4.98 Å². The fourth-order valence-electron chi connectivity index (χ4n) is 5.81. The van der Waals surface area contributed by atoms with Gasteiger partial charge >= 0.3 is 0 Å². The second-order valence-electron chi connectivity index (χ2n) is 8.55. The van der Waals surface area contributed by atoms with Gasteiger partial charge in [-0.05, 0) is 43.5 Å². The van der Waals surface area contributed by atoms with E-state index >= 15 is 0 Å². The number of rotatable bonds is 2. The highest BCUT2D eigenvalue weighted by atomic mass is 16.2. The third-order valence-electron chi connectivity index (χ3n) is 7.09. The molecule has 1 fully saturated rings. The predicted octanol–water partition coefficient (Wildman–Crippen LogP) is 3.51. The zero-order valence-electron chi connectivity index (χ0n) is 16.7. The molecule has 0 radical (unpaired) electrons. The number of carbonyl (C=O) groups excluding carboxylic acids is 1. The van der Waals surface area contributed by atoms with Crippen molar-refractivity contribution < 1.29 is 4.79 Å². The van der Waals surface area contributed by atoms with Crippen molar-refractivity contribution in [3.8, 4) is 0 Å². The first-order valence-corrected chi connectivity index (χ1v) is 10.4. The van der Waals surface area contributed by atoms with Gasteiger partial charge < -0.3 is 10.2 Å². The van der Waals surface area contributed by atoms with Gasteiger partial charge in [-0.15, -0.1) is 6.58 Å². The minimum Gasteiger partial charge on any atom is -0.364 e. The van der Waals surface area contributed by atoms with Gasteiger partial charge in [0.05, 0.1) is 16.9 Å². The summed E-state index contributed by atoms with van der Waals surface area (Å²) < 4.78 is 1.61. The number of aromatic nitrogens is 2. The van der Waals surface area contributed by atoms with E-state index in [0.717, 1.165) is 12.1 Å². The van der Waals surface area contributed by atoms with E-state index in [-0.39, 0.29) is 29.1 Å². The quantitative estimate of drug-likeness (QED) is 0.671. The maximum atomic E-state index is 13.6. The van der Waals surface area contributed by atoms with Crippen molar-refractivity contribution in [3.05, 3.63) is 82.9 Å². The van der Waals surface area contributed by atoms with Gasteiger partial charge in [0.1, 0.15) is 18.0 Å². The molecule has 6 rings (SSSR count). The Labute approximate surface area is 173 Å². The van der Waals surface area contributed by atoms with Crippen molar-refractivity contribution in [2.75, 3.05) is 5.32 Å². The van der Waals surface area contributed by atoms with Crippen molar-refractivity contribution in [2.45, 2.75) is 43.4 Å². The Bertz CT molecular complexity index is 1300. The normalized spacial score (nSPS) is 28.5. The summed E-state index contributed by atoms with van der Waals surface area (Å²) >= 11 is 0. The molecular weight excluding hydrogens is 376 g/mol. The van der Waals surface area contributed by atoms with Gasteiger partial charge in [0.2, 0.25) is 5.91 Å². The molecule has 1 aromatic heterocycles. The Morgan fingerprint density at radius 1 is 1.20 bits per heavy atom. The van der Waals surface area contributed by atoms with Crippen LogP contribution >= 0.6 is 0 Å². The topological polar surface area (TPSA) is 67.2 Å². The summed E-state index contributed by atoms with van der Waals surface area (Å²) in [5, 5.41) is 4.15. The zero-order chi connectivity index (χ0) is 20.6. The highest BCUT2D eigenvalue weighted by molar-refractivity contribution is 5.86. The third-order valence-corrected chi connectivity index (χ3v) is 7.09. The minimum absolute atomic E-state index is 0.0390. The number of amides is 1. The summed E-state index contributed by atoms with van der Waals surface area (Å²) in [4.78, 5) is 33.7. The second kappa shape index (κ2) is 5.81. The molecule has 4 heterocycles. The van der Waals surface area contributed by atoms with E-state index in [1.165, 1.54) is 5.56 Å². The number of nitrogens with zero attached hydrogens (tertiary/aromatic N) is 3. The number of carbonyl (C=O) groups is 1. The lowest BCUT2D eigenvalue weighted by atomic mass is 9.75. The van der Waals surface area contributed by atoms with E-state index < -0.39 is 6.04 Å². The van der Waals surface area contributed by atoms with Gasteiger partial charge in [0, 0.05) is 11.1 Å². The molecule has 1 saturated heterocycles. The van der Waals surface area contributed by atoms with Crippen molar-refractivity contribution in [2.24, 2.45) is 0 Å². The average Bonchev–Trinajstić information content (AvgIpc) is 3.23. The zero-order valence-corrected chi connectivity index (χ0v) is 16.7. The van der Waals surface area contributed by atoms with Gasteiger partial charge in [-0.1, -0.05) is 36.4 Å². The molecule has 3 aliphatic rings. The van der Waals surface area contributed by atoms with E-state index in [1.54, 1.807) is 17.6 Å². The van der Waals surface area contributed by atoms with Crippen molar-refractivity contribution >= 4 is 22.5 Å². The van der Waals surface area contributed by atoms with Gasteiger partial charge in [-0.2, -0.15) is 0 Å². The molecule has 30 heavy (non-hydrogen) atoms. The van der Waals surface area contributed by atoms with Crippen LogP contribution in [0, 0.1) is 0 Å². The standard InChI is InChI=1S/C24H22N4O2/c1-3-12-24-13-19-20-25-17-10-6-4-8-15(17)22(30)27(20)14(2)21(29)28(19)23(24)26-18-11-7-5-9-16(18)24/h3-11,14,19,23,26H,1,12-13H2,2H3/t14-,19?,23+,24+/m1/s1. The Kier molecular flexibility index (Phi) is 3.38. The van der Waals surface area contributed by atoms with Crippen LogP contribution in [0.15, 0.2) is 66.0 Å². The molecule has 0 spiro atoms. The van der Waals surface area contributed by atoms with Gasteiger partial charge in [-0.3, -0.25) is 14.2 Å². The highest BCUT2D eigenvalue weighted by Gasteiger charge is 2.61. The van der Waals surface area contributed by atoms with Crippen LogP contribution in [0.2, 0.25) is 0 Å². The maximum absolute atomic E-state index is 13.6. The van der Waals surface area contributed by atoms with Gasteiger partial charge in [0.25, 0.3) is 5.56 Å². The predicted molar refractivity (Wildman–Crippen MR) is 115 cm³/mol. The van der Waals surface area contributed by atoms with E-state index in [1.807, 2.05) is 41.3 Å². The lowest BCUT2D eigenvalue weighted by Crippen LogP contribution is -2.53. The first-order valence-electron chi connectivity index (χ1n) is 10.4. The molecule has 4 atom stereocenters. The molecule has 2 aromatic carbocycles. The Balaban J connectivity index is 1.61. The van der Waals surface area contributed by atoms with Crippen LogP contribution in [-0.2, 0) is 10.2 Å². The monoisotopic (exact) mass is 398 g/mol. The molecule has 1 N–H and O–H groups in total. The molecule has 6 nitrogen and oxygen atoms in total. The van der Waals surface area contributed by atoms with Crippen LogP contribution in [0.5, 0.6) is 0 Å². The maximum Gasteiger partial charge on any atom is 0.262 e. The lowest BCUT2D eigenvalue weighted by Gasteiger charge is -2.39. The van der Waals surface area contributed by atoms with Crippen molar-refractivity contribution in [1.82, 2.24) is 14.5 Å². The van der Waals surface area contributed by atoms with Crippen molar-refractivity contribution in [1.29, 1.82) is 0 Å². The molecule has 150 valence electrons.